The van der Waals surface area contributed by atoms with Gasteiger partial charge in [-0.05, 0) is 36.6 Å². The molecule has 3 aliphatic rings. The summed E-state index contributed by atoms with van der Waals surface area (Å²) >= 11 is 0. The monoisotopic (exact) mass is 412 g/mol. The average Bonchev–Trinajstić information content (AvgIpc) is 3.37. The lowest BCUT2D eigenvalue weighted by Gasteiger charge is -2.42. The molecule has 6 rings (SSSR count). The minimum absolute atomic E-state index is 0.126. The summed E-state index contributed by atoms with van der Waals surface area (Å²) in [4.78, 5) is 19.0. The number of benzene rings is 1. The highest BCUT2D eigenvalue weighted by molar-refractivity contribution is 5.89. The van der Waals surface area contributed by atoms with Gasteiger partial charge in [0.05, 0.1) is 6.04 Å². The van der Waals surface area contributed by atoms with Crippen LogP contribution in [0.4, 0.5) is 8.78 Å². The van der Waals surface area contributed by atoms with Gasteiger partial charge in [0.25, 0.3) is 5.91 Å². The molecular formula is C21H18F2N4O3. The van der Waals surface area contributed by atoms with Crippen molar-refractivity contribution in [2.75, 3.05) is 0 Å². The lowest BCUT2D eigenvalue weighted by Crippen LogP contribution is -2.56. The lowest BCUT2D eigenvalue weighted by atomic mass is 9.76. The predicted molar refractivity (Wildman–Crippen MR) is 99.4 cm³/mol. The molecule has 1 spiro atoms. The lowest BCUT2D eigenvalue weighted by molar-refractivity contribution is -0.162. The second-order valence-corrected chi connectivity index (χ2v) is 8.12. The number of ether oxygens (including phenoxy) is 2. The number of amides is 1. The molecule has 4 heterocycles. The Morgan fingerprint density at radius 1 is 1.13 bits per heavy atom. The fraction of sp³-hybridized carbons (Fsp3) is 0.381. The van der Waals surface area contributed by atoms with Gasteiger partial charge in [0.15, 0.2) is 11.2 Å². The number of rotatable bonds is 3. The van der Waals surface area contributed by atoms with E-state index >= 15 is 0 Å². The van der Waals surface area contributed by atoms with Crippen molar-refractivity contribution in [3.05, 3.63) is 59.9 Å². The SMILES string of the molecule is O=C1N2[C@@H](CC[C@H]2c2cc(F)cc(F)c2)OC12CC(Oc1cccc3ncnn13)C2. The number of hydrogen-bond donors (Lipinski definition) is 0. The molecule has 1 aromatic carbocycles. The molecule has 30 heavy (non-hydrogen) atoms. The summed E-state index contributed by atoms with van der Waals surface area (Å²) in [6.45, 7) is 0. The summed E-state index contributed by atoms with van der Waals surface area (Å²) in [5.41, 5.74) is 0.227. The highest BCUT2D eigenvalue weighted by atomic mass is 19.1. The fourth-order valence-corrected chi connectivity index (χ4v) is 4.92. The Kier molecular flexibility index (Phi) is 3.68. The van der Waals surface area contributed by atoms with E-state index in [1.54, 1.807) is 15.5 Å². The van der Waals surface area contributed by atoms with Crippen LogP contribution in [0.25, 0.3) is 5.65 Å². The van der Waals surface area contributed by atoms with Crippen LogP contribution in [-0.2, 0) is 9.53 Å². The van der Waals surface area contributed by atoms with Crippen LogP contribution in [0.3, 0.4) is 0 Å². The van der Waals surface area contributed by atoms with E-state index in [2.05, 4.69) is 10.1 Å². The maximum Gasteiger partial charge on any atom is 0.257 e. The van der Waals surface area contributed by atoms with E-state index < -0.39 is 17.2 Å². The Morgan fingerprint density at radius 3 is 2.73 bits per heavy atom. The zero-order valence-electron chi connectivity index (χ0n) is 15.9. The summed E-state index contributed by atoms with van der Waals surface area (Å²) in [6, 6.07) is 8.51. The fourth-order valence-electron chi connectivity index (χ4n) is 4.92. The predicted octanol–water partition coefficient (Wildman–Crippen LogP) is 3.01. The minimum atomic E-state index is -0.921. The smallest absolute Gasteiger partial charge is 0.257 e. The zero-order valence-corrected chi connectivity index (χ0v) is 15.9. The molecule has 3 fully saturated rings. The first-order valence-electron chi connectivity index (χ1n) is 9.94. The molecule has 1 aliphatic carbocycles. The van der Waals surface area contributed by atoms with Crippen LogP contribution in [0.15, 0.2) is 42.7 Å². The van der Waals surface area contributed by atoms with Crippen LogP contribution in [0.2, 0.25) is 0 Å². The van der Waals surface area contributed by atoms with Gasteiger partial charge in [-0.15, -0.1) is 0 Å². The Labute approximate surface area is 170 Å². The maximum absolute atomic E-state index is 13.7. The Hall–Kier alpha value is -3.07. The van der Waals surface area contributed by atoms with E-state index in [1.807, 2.05) is 12.1 Å². The third kappa shape index (κ3) is 2.54. The molecule has 1 saturated carbocycles. The van der Waals surface area contributed by atoms with Crippen molar-refractivity contribution in [1.29, 1.82) is 0 Å². The minimum Gasteiger partial charge on any atom is -0.474 e. The van der Waals surface area contributed by atoms with Gasteiger partial charge in [-0.2, -0.15) is 9.61 Å². The first-order valence-corrected chi connectivity index (χ1v) is 9.94. The molecule has 1 amide bonds. The molecule has 0 radical (unpaired) electrons. The summed E-state index contributed by atoms with van der Waals surface area (Å²) in [5.74, 6) is -0.854. The number of fused-ring (bicyclic) bond motifs is 2. The quantitative estimate of drug-likeness (QED) is 0.662. The van der Waals surface area contributed by atoms with E-state index in [9.17, 15) is 13.6 Å². The standard InChI is InChI=1S/C21H18F2N4O3/c22-13-6-12(7-14(23)8-13)16-4-5-18-26(16)20(28)21(30-18)9-15(10-21)29-19-3-1-2-17-24-11-25-27(17)19/h1-3,6-8,11,15-16,18H,4-5,9-10H2/t15?,16-,18+,21?/m0/s1. The van der Waals surface area contributed by atoms with Gasteiger partial charge in [-0.25, -0.2) is 13.8 Å². The van der Waals surface area contributed by atoms with Gasteiger partial charge in [-0.3, -0.25) is 4.79 Å². The number of pyridine rings is 1. The summed E-state index contributed by atoms with van der Waals surface area (Å²) in [5, 5.41) is 4.15. The molecule has 154 valence electrons. The molecule has 2 aromatic heterocycles. The van der Waals surface area contributed by atoms with Gasteiger partial charge in [0, 0.05) is 25.0 Å². The summed E-state index contributed by atoms with van der Waals surface area (Å²) < 4.78 is 41.2. The van der Waals surface area contributed by atoms with Crippen molar-refractivity contribution < 1.29 is 23.0 Å². The molecule has 0 bridgehead atoms. The molecule has 2 atom stereocenters. The van der Waals surface area contributed by atoms with E-state index in [0.717, 1.165) is 6.07 Å². The van der Waals surface area contributed by atoms with Crippen molar-refractivity contribution in [2.45, 2.75) is 49.7 Å². The Balaban J connectivity index is 1.20. The summed E-state index contributed by atoms with van der Waals surface area (Å²) in [7, 11) is 0. The Morgan fingerprint density at radius 2 is 1.93 bits per heavy atom. The van der Waals surface area contributed by atoms with Gasteiger partial charge in [0.2, 0.25) is 5.88 Å². The first kappa shape index (κ1) is 17.8. The number of hydrogen-bond acceptors (Lipinski definition) is 5. The second kappa shape index (κ2) is 6.21. The first-order chi connectivity index (χ1) is 14.5. The van der Waals surface area contributed by atoms with Crippen molar-refractivity contribution >= 4 is 11.6 Å². The highest BCUT2D eigenvalue weighted by Crippen LogP contribution is 2.52. The summed E-state index contributed by atoms with van der Waals surface area (Å²) in [6.07, 6.45) is 3.01. The zero-order chi connectivity index (χ0) is 20.5. The van der Waals surface area contributed by atoms with Gasteiger partial charge >= 0.3 is 0 Å². The van der Waals surface area contributed by atoms with Gasteiger partial charge in [-0.1, -0.05) is 6.07 Å². The van der Waals surface area contributed by atoms with Crippen LogP contribution in [0, 0.1) is 11.6 Å². The number of aromatic nitrogens is 3. The molecule has 0 unspecified atom stereocenters. The molecule has 7 nitrogen and oxygen atoms in total. The molecule has 3 aromatic rings. The van der Waals surface area contributed by atoms with Gasteiger partial charge in [0.1, 0.15) is 30.3 Å². The Bertz CT molecular complexity index is 1140. The molecule has 9 heteroatoms. The molecule has 0 N–H and O–H groups in total. The van der Waals surface area contributed by atoms with Crippen LogP contribution in [0.5, 0.6) is 5.88 Å². The molecule has 2 aliphatic heterocycles. The second-order valence-electron chi connectivity index (χ2n) is 8.12. The molecule has 2 saturated heterocycles. The number of halogens is 2. The molecular weight excluding hydrogens is 394 g/mol. The normalized spacial score (nSPS) is 30.1. The van der Waals surface area contributed by atoms with Crippen LogP contribution in [-0.4, -0.2) is 43.3 Å². The van der Waals surface area contributed by atoms with Crippen molar-refractivity contribution in [3.63, 3.8) is 0 Å². The number of carbonyl (C=O) groups excluding carboxylic acids is 1. The van der Waals surface area contributed by atoms with Gasteiger partial charge < -0.3 is 14.4 Å². The third-order valence-electron chi connectivity index (χ3n) is 6.26. The largest absolute Gasteiger partial charge is 0.474 e. The van der Waals surface area contributed by atoms with E-state index in [0.29, 0.717) is 42.8 Å². The van der Waals surface area contributed by atoms with Crippen LogP contribution in [0.1, 0.15) is 37.3 Å². The van der Waals surface area contributed by atoms with Crippen LogP contribution >= 0.6 is 0 Å². The van der Waals surface area contributed by atoms with Crippen molar-refractivity contribution in [1.82, 2.24) is 19.5 Å². The average molecular weight is 412 g/mol. The third-order valence-corrected chi connectivity index (χ3v) is 6.26. The highest BCUT2D eigenvalue weighted by Gasteiger charge is 2.63. The van der Waals surface area contributed by atoms with Crippen LogP contribution < -0.4 is 4.74 Å². The van der Waals surface area contributed by atoms with E-state index in [-0.39, 0.29) is 24.3 Å². The number of carbonyl (C=O) groups is 1. The van der Waals surface area contributed by atoms with E-state index in [1.165, 1.54) is 18.5 Å². The number of nitrogens with zero attached hydrogens (tertiary/aromatic N) is 4. The van der Waals surface area contributed by atoms with E-state index in [4.69, 9.17) is 9.47 Å². The topological polar surface area (TPSA) is 69.0 Å². The maximum atomic E-state index is 13.7. The van der Waals surface area contributed by atoms with Crippen molar-refractivity contribution in [3.8, 4) is 5.88 Å². The van der Waals surface area contributed by atoms with Crippen molar-refractivity contribution in [2.24, 2.45) is 0 Å².